The molecule has 2 aromatic rings. The highest BCUT2D eigenvalue weighted by molar-refractivity contribution is 6.30. The molecule has 6 N–H and O–H groups in total. The molecular weight excluding hydrogens is 782 g/mol. The van der Waals surface area contributed by atoms with Gasteiger partial charge in [0.05, 0.1) is 18.2 Å². The van der Waals surface area contributed by atoms with E-state index in [1.807, 2.05) is 19.1 Å². The fourth-order valence-corrected chi connectivity index (χ4v) is 8.36. The van der Waals surface area contributed by atoms with Crippen LogP contribution in [-0.4, -0.2) is 134 Å². The molecule has 3 fully saturated rings. The summed E-state index contributed by atoms with van der Waals surface area (Å²) in [5.41, 5.74) is 2.01. The van der Waals surface area contributed by atoms with E-state index in [1.165, 1.54) is 22.8 Å². The van der Waals surface area contributed by atoms with E-state index >= 15 is 0 Å². The van der Waals surface area contributed by atoms with Gasteiger partial charge in [0.15, 0.2) is 5.78 Å². The molecule has 320 valence electrons. The summed E-state index contributed by atoms with van der Waals surface area (Å²) in [6, 6.07) is 6.55. The number of Topliss-reactive ketones (excluding diaryl/α,β-unsaturated/α-hetero) is 1. The minimum Gasteiger partial charge on any atom is -0.391 e. The topological polar surface area (TPSA) is 218 Å². The zero-order valence-electron chi connectivity index (χ0n) is 34.0. The molecule has 16 nitrogen and oxygen atoms in total. The first-order valence-corrected chi connectivity index (χ1v) is 20.7. The molecule has 0 bridgehead atoms. The highest BCUT2D eigenvalue weighted by Crippen LogP contribution is 2.27. The van der Waals surface area contributed by atoms with Gasteiger partial charge < -0.3 is 46.2 Å². The summed E-state index contributed by atoms with van der Waals surface area (Å²) in [4.78, 5) is 99.3. The number of benzene rings is 2. The second-order valence-electron chi connectivity index (χ2n) is 15.8. The van der Waals surface area contributed by atoms with Crippen LogP contribution in [0.2, 0.25) is 5.02 Å². The maximum Gasteiger partial charge on any atom is 0.319 e. The molecule has 0 spiro atoms. The van der Waals surface area contributed by atoms with Crippen molar-refractivity contribution in [2.45, 2.75) is 128 Å². The number of urea groups is 1. The maximum atomic E-state index is 14.3. The molecule has 2 aromatic carbocycles. The predicted molar refractivity (Wildman–Crippen MR) is 219 cm³/mol. The van der Waals surface area contributed by atoms with Gasteiger partial charge in [-0.15, -0.1) is 0 Å². The van der Waals surface area contributed by atoms with Crippen LogP contribution in [0.15, 0.2) is 48.5 Å². The molecule has 3 saturated heterocycles. The zero-order valence-corrected chi connectivity index (χ0v) is 34.7. The van der Waals surface area contributed by atoms with Gasteiger partial charge in [0.1, 0.15) is 30.2 Å². The number of likely N-dealkylation sites (tertiary alicyclic amines) is 3. The maximum absolute atomic E-state index is 14.3. The first-order chi connectivity index (χ1) is 28.1. The van der Waals surface area contributed by atoms with Crippen molar-refractivity contribution in [3.8, 4) is 0 Å². The third-order valence-corrected chi connectivity index (χ3v) is 11.4. The van der Waals surface area contributed by atoms with E-state index in [0.29, 0.717) is 61.3 Å². The van der Waals surface area contributed by atoms with Gasteiger partial charge in [0, 0.05) is 49.6 Å². The number of piperidine rings is 1. The van der Waals surface area contributed by atoms with E-state index in [4.69, 9.17) is 11.6 Å². The molecule has 0 unspecified atom stereocenters. The number of carbonyl (C=O) groups excluding carboxylic acids is 7. The average Bonchev–Trinajstić information content (AvgIpc) is 3.85. The van der Waals surface area contributed by atoms with Gasteiger partial charge in [-0.2, -0.15) is 0 Å². The summed E-state index contributed by atoms with van der Waals surface area (Å²) in [7, 11) is 0. The molecule has 0 aromatic heterocycles. The van der Waals surface area contributed by atoms with E-state index in [9.17, 15) is 43.8 Å². The standard InChI is InChI=1S/C42H56ClN7O9/c1-5-35(53)32-16-10-18-48(32)39(56)25(3)44-38(55)33-15-6-7-17-49(33)40(57)34-22-30(52)23-50(34)41(58)36(26(4)51)47-37(54)31(20-27-12-8-11-24(2)19-27)46-42(59)45-29-14-9-13-28(43)21-29/h8-9,11-14,19,21,25-26,30-34,36,51-52H,5-7,10,15-18,20,22-23H2,1-4H3,(H,44,55)(H,47,54)(H2,45,46,59)/t25-,26-,30+,31-,32-,33-,34-,36-/m0/s1. The minimum atomic E-state index is -1.58. The lowest BCUT2D eigenvalue weighted by atomic mass is 9.98. The van der Waals surface area contributed by atoms with Crippen LogP contribution in [-0.2, 0) is 35.2 Å². The number of hydrogen-bond donors (Lipinski definition) is 6. The number of β-amino-alcohol motifs (C(OH)–C–C–N with tert-alkyl or cyclic N) is 1. The van der Waals surface area contributed by atoms with Gasteiger partial charge in [-0.3, -0.25) is 28.8 Å². The van der Waals surface area contributed by atoms with Crippen LogP contribution in [0.1, 0.15) is 76.8 Å². The number of amides is 7. The molecule has 3 heterocycles. The Bertz CT molecular complexity index is 1900. The van der Waals surface area contributed by atoms with Gasteiger partial charge in [-0.25, -0.2) is 4.79 Å². The molecule has 0 radical (unpaired) electrons. The summed E-state index contributed by atoms with van der Waals surface area (Å²) in [5.74, 6) is -3.17. The van der Waals surface area contributed by atoms with Crippen molar-refractivity contribution in [3.63, 3.8) is 0 Å². The second-order valence-corrected chi connectivity index (χ2v) is 16.2. The third-order valence-electron chi connectivity index (χ3n) is 11.2. The minimum absolute atomic E-state index is 0.0266. The molecule has 5 rings (SSSR count). The van der Waals surface area contributed by atoms with Gasteiger partial charge in [-0.1, -0.05) is 54.4 Å². The number of nitrogens with zero attached hydrogens (tertiary/aromatic N) is 3. The Balaban J connectivity index is 1.30. The van der Waals surface area contributed by atoms with Crippen LogP contribution < -0.4 is 21.3 Å². The van der Waals surface area contributed by atoms with Crippen molar-refractivity contribution in [3.05, 3.63) is 64.7 Å². The van der Waals surface area contributed by atoms with E-state index in [1.54, 1.807) is 44.2 Å². The molecule has 0 saturated carbocycles. The molecule has 0 aliphatic carbocycles. The number of halogens is 1. The van der Waals surface area contributed by atoms with Crippen molar-refractivity contribution in [1.82, 2.24) is 30.7 Å². The summed E-state index contributed by atoms with van der Waals surface area (Å²) in [5, 5.41) is 32.7. The van der Waals surface area contributed by atoms with Crippen LogP contribution >= 0.6 is 11.6 Å². The Morgan fingerprint density at radius 1 is 0.831 bits per heavy atom. The van der Waals surface area contributed by atoms with Crippen LogP contribution in [0.25, 0.3) is 0 Å². The van der Waals surface area contributed by atoms with E-state index in [0.717, 1.165) is 10.5 Å². The number of carbonyl (C=O) groups is 7. The number of rotatable bonds is 14. The SMILES string of the molecule is CCC(=O)[C@@H]1CCCN1C(=O)[C@H](C)NC(=O)[C@@H]1CCCCN1C(=O)[C@@H]1C[C@@H](O)CN1C(=O)[C@@H](NC(=O)[C@H](Cc1cccc(C)c1)NC(=O)Nc1cccc(Cl)c1)[C@H](C)O. The first-order valence-electron chi connectivity index (χ1n) is 20.4. The number of aliphatic hydroxyl groups is 2. The molecule has 59 heavy (non-hydrogen) atoms. The third kappa shape index (κ3) is 11.4. The quantitative estimate of drug-likeness (QED) is 0.164. The van der Waals surface area contributed by atoms with Crippen molar-refractivity contribution in [1.29, 1.82) is 0 Å². The van der Waals surface area contributed by atoms with Crippen LogP contribution in [0.3, 0.4) is 0 Å². The highest BCUT2D eigenvalue weighted by atomic mass is 35.5. The van der Waals surface area contributed by atoms with Crippen molar-refractivity contribution >= 4 is 58.6 Å². The number of hydrogen-bond acceptors (Lipinski definition) is 9. The van der Waals surface area contributed by atoms with Crippen LogP contribution in [0.5, 0.6) is 0 Å². The van der Waals surface area contributed by atoms with Crippen LogP contribution in [0.4, 0.5) is 10.5 Å². The summed E-state index contributed by atoms with van der Waals surface area (Å²) in [6.07, 6.45) is 0.361. The summed E-state index contributed by atoms with van der Waals surface area (Å²) in [6.45, 7) is 6.80. The molecule has 8 atom stereocenters. The Kier molecular flexibility index (Phi) is 15.5. The second kappa shape index (κ2) is 20.3. The number of aliphatic hydroxyl groups excluding tert-OH is 2. The van der Waals surface area contributed by atoms with E-state index in [-0.39, 0.29) is 37.6 Å². The number of aryl methyl sites for hydroxylation is 1. The Hall–Kier alpha value is -5.06. The predicted octanol–water partition coefficient (Wildman–Crippen LogP) is 2.06. The van der Waals surface area contributed by atoms with E-state index in [2.05, 4.69) is 21.3 Å². The average molecular weight is 838 g/mol. The number of anilines is 1. The molecule has 3 aliphatic rings. The largest absolute Gasteiger partial charge is 0.391 e. The molecule has 7 amide bonds. The van der Waals surface area contributed by atoms with Crippen molar-refractivity contribution < 1.29 is 43.8 Å². The normalized spacial score (nSPS) is 22.5. The molecule has 17 heteroatoms. The van der Waals surface area contributed by atoms with Crippen molar-refractivity contribution in [2.24, 2.45) is 0 Å². The van der Waals surface area contributed by atoms with Gasteiger partial charge >= 0.3 is 6.03 Å². The lowest BCUT2D eigenvalue weighted by molar-refractivity contribution is -0.152. The highest BCUT2D eigenvalue weighted by Gasteiger charge is 2.47. The monoisotopic (exact) mass is 837 g/mol. The summed E-state index contributed by atoms with van der Waals surface area (Å²) < 4.78 is 0. The first kappa shape index (κ1) is 45.0. The smallest absolute Gasteiger partial charge is 0.319 e. The van der Waals surface area contributed by atoms with Gasteiger partial charge in [0.2, 0.25) is 29.5 Å². The van der Waals surface area contributed by atoms with Crippen molar-refractivity contribution in [2.75, 3.05) is 25.0 Å². The number of ketones is 1. The Labute approximate surface area is 349 Å². The Morgan fingerprint density at radius 2 is 1.54 bits per heavy atom. The molecule has 3 aliphatic heterocycles. The fraction of sp³-hybridized carbons (Fsp3) is 0.548. The van der Waals surface area contributed by atoms with E-state index < -0.39 is 78.1 Å². The summed E-state index contributed by atoms with van der Waals surface area (Å²) >= 11 is 6.07. The number of nitrogens with one attached hydrogen (secondary N) is 4. The Morgan fingerprint density at radius 3 is 2.24 bits per heavy atom. The van der Waals surface area contributed by atoms with Crippen LogP contribution in [0, 0.1) is 6.92 Å². The fourth-order valence-electron chi connectivity index (χ4n) is 8.17. The van der Waals surface area contributed by atoms with Gasteiger partial charge in [0.25, 0.3) is 0 Å². The lowest BCUT2D eigenvalue weighted by Crippen LogP contribution is -2.62. The lowest BCUT2D eigenvalue weighted by Gasteiger charge is -2.39. The zero-order chi connectivity index (χ0) is 43.0. The van der Waals surface area contributed by atoms with Gasteiger partial charge in [-0.05, 0) is 76.6 Å². The molecular formula is C42H56ClN7O9.